The summed E-state index contributed by atoms with van der Waals surface area (Å²) in [6.07, 6.45) is 8.95. The van der Waals surface area contributed by atoms with Gasteiger partial charge < -0.3 is 10.5 Å². The van der Waals surface area contributed by atoms with Gasteiger partial charge >= 0.3 is 0 Å². The third kappa shape index (κ3) is 5.52. The Morgan fingerprint density at radius 2 is 1.92 bits per heavy atom. The molecule has 5 rings (SSSR count). The van der Waals surface area contributed by atoms with Gasteiger partial charge in [0.05, 0.1) is 11.8 Å². The van der Waals surface area contributed by atoms with Gasteiger partial charge in [0.15, 0.2) is 11.6 Å². The zero-order valence-corrected chi connectivity index (χ0v) is 22.1. The lowest BCUT2D eigenvalue weighted by atomic mass is 10.1. The van der Waals surface area contributed by atoms with Crippen LogP contribution in [-0.4, -0.2) is 66.1 Å². The van der Waals surface area contributed by atoms with Crippen LogP contribution in [0.5, 0.6) is 5.75 Å². The average molecular weight is 520 g/mol. The van der Waals surface area contributed by atoms with E-state index in [1.54, 1.807) is 31.5 Å². The number of hydrogen-bond acceptors (Lipinski definition) is 8. The molecule has 1 aliphatic heterocycles. The number of ether oxygens (including phenoxy) is 1. The second-order valence-corrected chi connectivity index (χ2v) is 10.2. The molecule has 0 bridgehead atoms. The van der Waals surface area contributed by atoms with E-state index < -0.39 is 5.82 Å². The molecule has 200 valence electrons. The lowest BCUT2D eigenvalue weighted by Gasteiger charge is -2.17. The molecule has 4 aromatic rings. The fourth-order valence-electron chi connectivity index (χ4n) is 4.62. The molecule has 0 spiro atoms. The van der Waals surface area contributed by atoms with Crippen LogP contribution in [0.1, 0.15) is 38.7 Å². The highest BCUT2D eigenvalue weighted by molar-refractivity contribution is 5.76. The Bertz CT molecular complexity index is 1390. The van der Waals surface area contributed by atoms with Gasteiger partial charge in [-0.25, -0.2) is 9.37 Å². The van der Waals surface area contributed by atoms with E-state index in [0.717, 1.165) is 43.7 Å². The molecule has 2 N–H and O–H groups in total. The molecule has 0 saturated carbocycles. The summed E-state index contributed by atoms with van der Waals surface area (Å²) in [6.45, 7) is 10.4. The minimum atomic E-state index is -0.452. The van der Waals surface area contributed by atoms with E-state index in [0.29, 0.717) is 35.2 Å². The van der Waals surface area contributed by atoms with Crippen LogP contribution in [0.4, 0.5) is 10.2 Å². The van der Waals surface area contributed by atoms with Gasteiger partial charge in [-0.3, -0.25) is 9.58 Å². The minimum Gasteiger partial charge on any atom is -0.492 e. The maximum Gasteiger partial charge on any atom is 0.190 e. The summed E-state index contributed by atoms with van der Waals surface area (Å²) in [5.74, 6) is 1.19. The van der Waals surface area contributed by atoms with Crippen molar-refractivity contribution in [3.05, 3.63) is 48.2 Å². The molecule has 1 aromatic carbocycles. The summed E-state index contributed by atoms with van der Waals surface area (Å²) in [4.78, 5) is 6.72. The molecule has 0 unspecified atom stereocenters. The van der Waals surface area contributed by atoms with E-state index in [9.17, 15) is 0 Å². The number of anilines is 1. The van der Waals surface area contributed by atoms with Gasteiger partial charge in [-0.05, 0) is 73.8 Å². The fourth-order valence-corrected chi connectivity index (χ4v) is 4.62. The molecule has 0 amide bonds. The summed E-state index contributed by atoms with van der Waals surface area (Å²) >= 11 is 0. The third-order valence-electron chi connectivity index (χ3n) is 6.94. The number of rotatable bonds is 10. The van der Waals surface area contributed by atoms with E-state index in [1.165, 1.54) is 17.5 Å². The summed E-state index contributed by atoms with van der Waals surface area (Å²) in [5.41, 5.74) is 9.07. The molecular formula is C27H34FN9O. The van der Waals surface area contributed by atoms with Crippen molar-refractivity contribution in [2.24, 2.45) is 5.92 Å². The highest BCUT2D eigenvalue weighted by Crippen LogP contribution is 2.32. The van der Waals surface area contributed by atoms with Gasteiger partial charge in [0.2, 0.25) is 0 Å². The van der Waals surface area contributed by atoms with E-state index in [-0.39, 0.29) is 11.5 Å². The maximum atomic E-state index is 15.6. The molecule has 0 atom stereocenters. The molecular weight excluding hydrogens is 485 g/mol. The summed E-state index contributed by atoms with van der Waals surface area (Å²) in [6, 6.07) is 5.24. The van der Waals surface area contributed by atoms with Crippen LogP contribution in [0.25, 0.3) is 28.2 Å². The molecule has 38 heavy (non-hydrogen) atoms. The van der Waals surface area contributed by atoms with Crippen LogP contribution in [0.2, 0.25) is 0 Å². The van der Waals surface area contributed by atoms with Crippen molar-refractivity contribution in [1.29, 1.82) is 0 Å². The van der Waals surface area contributed by atoms with Gasteiger partial charge in [0.1, 0.15) is 23.9 Å². The first-order chi connectivity index (χ1) is 18.4. The van der Waals surface area contributed by atoms with Crippen molar-refractivity contribution < 1.29 is 9.13 Å². The molecule has 1 saturated heterocycles. The zero-order chi connectivity index (χ0) is 26.6. The molecule has 0 radical (unpaired) electrons. The maximum absolute atomic E-state index is 15.6. The van der Waals surface area contributed by atoms with Crippen LogP contribution in [-0.2, 0) is 6.54 Å². The third-order valence-corrected chi connectivity index (χ3v) is 6.94. The number of nitrogens with two attached hydrogens (primary N) is 1. The highest BCUT2D eigenvalue weighted by Gasteiger charge is 2.21. The SMILES string of the molecule is Cc1c(OCCN2CCCC2)ccc(-n2nnnc2-c2cc(-c3cnn(CCC(C)C)c3)cnc2N)c1F. The molecule has 0 aliphatic carbocycles. The van der Waals surface area contributed by atoms with Crippen LogP contribution < -0.4 is 10.5 Å². The smallest absolute Gasteiger partial charge is 0.190 e. The second-order valence-electron chi connectivity index (χ2n) is 10.2. The van der Waals surface area contributed by atoms with Gasteiger partial charge in [-0.1, -0.05) is 13.8 Å². The molecule has 4 heterocycles. The topological polar surface area (TPSA) is 113 Å². The highest BCUT2D eigenvalue weighted by atomic mass is 19.1. The first-order valence-corrected chi connectivity index (χ1v) is 13.1. The van der Waals surface area contributed by atoms with E-state index in [1.807, 2.05) is 16.9 Å². The largest absolute Gasteiger partial charge is 0.492 e. The van der Waals surface area contributed by atoms with Gasteiger partial charge in [0.25, 0.3) is 0 Å². The monoisotopic (exact) mass is 519 g/mol. The normalized spacial score (nSPS) is 14.0. The number of nitrogen functional groups attached to an aromatic ring is 1. The summed E-state index contributed by atoms with van der Waals surface area (Å²) < 4.78 is 24.7. The molecule has 1 fully saturated rings. The van der Waals surface area contributed by atoms with Crippen LogP contribution in [0, 0.1) is 18.7 Å². The van der Waals surface area contributed by atoms with Crippen LogP contribution >= 0.6 is 0 Å². The lowest BCUT2D eigenvalue weighted by molar-refractivity contribution is 0.236. The Balaban J connectivity index is 1.39. The van der Waals surface area contributed by atoms with Crippen LogP contribution in [0.15, 0.2) is 36.8 Å². The van der Waals surface area contributed by atoms with E-state index in [2.05, 4.69) is 44.4 Å². The Morgan fingerprint density at radius 1 is 1.11 bits per heavy atom. The first-order valence-electron chi connectivity index (χ1n) is 13.1. The predicted octanol–water partition coefficient (Wildman–Crippen LogP) is 4.14. The number of aromatic nitrogens is 7. The van der Waals surface area contributed by atoms with Crippen molar-refractivity contribution in [2.75, 3.05) is 32.0 Å². The van der Waals surface area contributed by atoms with Gasteiger partial charge in [-0.2, -0.15) is 9.78 Å². The molecule has 10 nitrogen and oxygen atoms in total. The van der Waals surface area contributed by atoms with E-state index in [4.69, 9.17) is 10.5 Å². The number of halogens is 1. The molecule has 3 aromatic heterocycles. The summed E-state index contributed by atoms with van der Waals surface area (Å²) in [5, 5.41) is 16.5. The molecule has 11 heteroatoms. The standard InChI is InChI=1S/C27H34FN9O/c1-18(2)8-11-36-17-21(16-31-36)20-14-22(26(29)30-15-20)27-32-33-34-37(27)23-6-7-24(19(3)25(23)28)38-13-12-35-9-4-5-10-35/h6-7,14-18H,4-5,8-13H2,1-3H3,(H2,29,30). The number of hydrogen-bond donors (Lipinski definition) is 1. The van der Waals surface area contributed by atoms with Crippen molar-refractivity contribution in [1.82, 2.24) is 39.9 Å². The lowest BCUT2D eigenvalue weighted by Crippen LogP contribution is -2.25. The first kappa shape index (κ1) is 25.8. The minimum absolute atomic E-state index is 0.209. The quantitative estimate of drug-likeness (QED) is 0.333. The number of benzene rings is 1. The van der Waals surface area contributed by atoms with Crippen molar-refractivity contribution in [2.45, 2.75) is 46.6 Å². The number of pyridine rings is 1. The van der Waals surface area contributed by atoms with Gasteiger partial charge in [-0.15, -0.1) is 5.10 Å². The Hall–Kier alpha value is -3.86. The van der Waals surface area contributed by atoms with Crippen molar-refractivity contribution in [3.8, 4) is 34.0 Å². The number of nitrogens with zero attached hydrogens (tertiary/aromatic N) is 8. The predicted molar refractivity (Wildman–Crippen MR) is 143 cm³/mol. The fraction of sp³-hybridized carbons (Fsp3) is 0.444. The second kappa shape index (κ2) is 11.3. The zero-order valence-electron chi connectivity index (χ0n) is 22.1. The van der Waals surface area contributed by atoms with Crippen LogP contribution in [0.3, 0.4) is 0 Å². The van der Waals surface area contributed by atoms with E-state index >= 15 is 4.39 Å². The Morgan fingerprint density at radius 3 is 2.71 bits per heavy atom. The average Bonchev–Trinajstić information content (AvgIpc) is 3.68. The Labute approximate surface area is 221 Å². The summed E-state index contributed by atoms with van der Waals surface area (Å²) in [7, 11) is 0. The van der Waals surface area contributed by atoms with Gasteiger partial charge in [0, 0.05) is 42.2 Å². The number of aryl methyl sites for hydroxylation is 1. The Kier molecular flexibility index (Phi) is 7.64. The number of likely N-dealkylation sites (tertiary alicyclic amines) is 1. The molecule has 1 aliphatic rings. The van der Waals surface area contributed by atoms with Crippen molar-refractivity contribution >= 4 is 5.82 Å². The van der Waals surface area contributed by atoms with Crippen molar-refractivity contribution in [3.63, 3.8) is 0 Å². The number of tetrazole rings is 1.